The highest BCUT2D eigenvalue weighted by molar-refractivity contribution is 5.93. The molecule has 5 heteroatoms. The molecule has 28 heavy (non-hydrogen) atoms. The second-order valence-electron chi connectivity index (χ2n) is 6.65. The number of amides is 1. The summed E-state index contributed by atoms with van der Waals surface area (Å²) >= 11 is 0. The minimum Gasteiger partial charge on any atom is -0.399 e. The zero-order valence-corrected chi connectivity index (χ0v) is 16.1. The van der Waals surface area contributed by atoms with Gasteiger partial charge in [0, 0.05) is 17.2 Å². The average Bonchev–Trinajstić information content (AvgIpc) is 2.73. The Balaban J connectivity index is 1.97. The topological polar surface area (TPSA) is 80.9 Å². The Kier molecular flexibility index (Phi) is 6.17. The number of hydrogen-bond donors (Lipinski definition) is 2. The van der Waals surface area contributed by atoms with Crippen molar-refractivity contribution >= 4 is 29.6 Å². The molecule has 0 saturated carbocycles. The zero-order chi connectivity index (χ0) is 19.9. The smallest absolute Gasteiger partial charge is 0.228 e. The Morgan fingerprint density at radius 1 is 1.11 bits per heavy atom. The summed E-state index contributed by atoms with van der Waals surface area (Å²) in [5.74, 6) is 0.299. The Bertz CT molecular complexity index is 966. The second kappa shape index (κ2) is 8.95. The molecule has 0 aliphatic heterocycles. The maximum Gasteiger partial charge on any atom is 0.228 e. The van der Waals surface area contributed by atoms with Crippen LogP contribution in [-0.2, 0) is 4.79 Å². The Hall–Kier alpha value is -3.47. The number of aromatic nitrogens is 2. The van der Waals surface area contributed by atoms with E-state index in [0.717, 1.165) is 17.5 Å². The van der Waals surface area contributed by atoms with E-state index in [0.29, 0.717) is 22.9 Å². The van der Waals surface area contributed by atoms with E-state index in [9.17, 15) is 4.79 Å². The molecule has 1 amide bonds. The third-order valence-electron chi connectivity index (χ3n) is 4.54. The minimum absolute atomic E-state index is 0.0635. The van der Waals surface area contributed by atoms with Crippen molar-refractivity contribution in [3.8, 4) is 11.3 Å². The van der Waals surface area contributed by atoms with Gasteiger partial charge in [-0.05, 0) is 30.2 Å². The first-order chi connectivity index (χ1) is 13.6. The minimum atomic E-state index is -0.0930. The van der Waals surface area contributed by atoms with Crippen LogP contribution in [0.25, 0.3) is 23.4 Å². The van der Waals surface area contributed by atoms with Crippen LogP contribution in [0.15, 0.2) is 60.8 Å². The number of nitrogen functional groups attached to an aromatic ring is 1. The van der Waals surface area contributed by atoms with Gasteiger partial charge >= 0.3 is 0 Å². The van der Waals surface area contributed by atoms with Crippen molar-refractivity contribution in [1.29, 1.82) is 0 Å². The second-order valence-corrected chi connectivity index (χ2v) is 6.65. The van der Waals surface area contributed by atoms with Crippen molar-refractivity contribution in [3.05, 3.63) is 72.1 Å². The van der Waals surface area contributed by atoms with Gasteiger partial charge in [-0.3, -0.25) is 4.79 Å². The first-order valence-corrected chi connectivity index (χ1v) is 9.33. The standard InChI is InChI=1S/C23H24N4O/c1-3-16(2)23(28)27-22-20(14-9-17-7-5-4-6-8-17)26-21(15-25-22)18-10-12-19(24)13-11-18/h4-16H,3,24H2,1-2H3,(H,25,27,28)/b14-9+. The summed E-state index contributed by atoms with van der Waals surface area (Å²) in [5, 5.41) is 2.90. The van der Waals surface area contributed by atoms with Gasteiger partial charge in [-0.1, -0.05) is 62.4 Å². The number of hydrogen-bond acceptors (Lipinski definition) is 4. The Labute approximate surface area is 165 Å². The number of rotatable bonds is 6. The van der Waals surface area contributed by atoms with Crippen LogP contribution in [0.3, 0.4) is 0 Å². The number of anilines is 2. The fraction of sp³-hybridized carbons (Fsp3) is 0.174. The van der Waals surface area contributed by atoms with E-state index in [2.05, 4.69) is 10.3 Å². The molecule has 1 atom stereocenters. The van der Waals surface area contributed by atoms with E-state index in [1.165, 1.54) is 0 Å². The molecule has 3 rings (SSSR count). The van der Waals surface area contributed by atoms with Crippen LogP contribution >= 0.6 is 0 Å². The Morgan fingerprint density at radius 2 is 1.82 bits per heavy atom. The maximum absolute atomic E-state index is 12.3. The number of nitrogens with two attached hydrogens (primary N) is 1. The average molecular weight is 372 g/mol. The highest BCUT2D eigenvalue weighted by Gasteiger charge is 2.14. The predicted molar refractivity (Wildman–Crippen MR) is 115 cm³/mol. The SMILES string of the molecule is CCC(C)C(=O)Nc1ncc(-c2ccc(N)cc2)nc1/C=C/c1ccccc1. The van der Waals surface area contributed by atoms with Crippen molar-refractivity contribution in [2.45, 2.75) is 20.3 Å². The van der Waals surface area contributed by atoms with Crippen LogP contribution in [0.2, 0.25) is 0 Å². The molecule has 0 spiro atoms. The highest BCUT2D eigenvalue weighted by Crippen LogP contribution is 2.23. The lowest BCUT2D eigenvalue weighted by molar-refractivity contribution is -0.119. The number of carbonyl (C=O) groups excluding carboxylic acids is 1. The van der Waals surface area contributed by atoms with Crippen LogP contribution in [0.5, 0.6) is 0 Å². The third kappa shape index (κ3) is 4.82. The molecule has 1 aromatic heterocycles. The van der Waals surface area contributed by atoms with Gasteiger partial charge < -0.3 is 11.1 Å². The Morgan fingerprint density at radius 3 is 2.50 bits per heavy atom. The molecule has 0 radical (unpaired) electrons. The van der Waals surface area contributed by atoms with Crippen LogP contribution in [0.4, 0.5) is 11.5 Å². The van der Waals surface area contributed by atoms with Crippen LogP contribution < -0.4 is 11.1 Å². The van der Waals surface area contributed by atoms with Gasteiger partial charge in [-0.25, -0.2) is 9.97 Å². The van der Waals surface area contributed by atoms with Gasteiger partial charge in [-0.2, -0.15) is 0 Å². The number of benzene rings is 2. The fourth-order valence-corrected chi connectivity index (χ4v) is 2.57. The van der Waals surface area contributed by atoms with Gasteiger partial charge in [-0.15, -0.1) is 0 Å². The molecule has 3 N–H and O–H groups in total. The van der Waals surface area contributed by atoms with E-state index in [4.69, 9.17) is 10.7 Å². The van der Waals surface area contributed by atoms with E-state index in [1.54, 1.807) is 6.20 Å². The highest BCUT2D eigenvalue weighted by atomic mass is 16.1. The molecule has 5 nitrogen and oxygen atoms in total. The van der Waals surface area contributed by atoms with Crippen molar-refractivity contribution in [2.24, 2.45) is 5.92 Å². The summed E-state index contributed by atoms with van der Waals surface area (Å²) < 4.78 is 0. The summed E-state index contributed by atoms with van der Waals surface area (Å²) in [6.45, 7) is 3.88. The molecule has 1 heterocycles. The van der Waals surface area contributed by atoms with Crippen LogP contribution in [0, 0.1) is 5.92 Å². The molecular formula is C23H24N4O. The van der Waals surface area contributed by atoms with Crippen molar-refractivity contribution in [2.75, 3.05) is 11.1 Å². The summed E-state index contributed by atoms with van der Waals surface area (Å²) in [5.41, 5.74) is 9.74. The maximum atomic E-state index is 12.3. The molecule has 3 aromatic rings. The normalized spacial score (nSPS) is 12.1. The first-order valence-electron chi connectivity index (χ1n) is 9.33. The quantitative estimate of drug-likeness (QED) is 0.604. The summed E-state index contributed by atoms with van der Waals surface area (Å²) in [6.07, 6.45) is 6.25. The molecule has 0 saturated heterocycles. The lowest BCUT2D eigenvalue weighted by Crippen LogP contribution is -2.21. The molecule has 1 unspecified atom stereocenters. The van der Waals surface area contributed by atoms with Crippen molar-refractivity contribution in [3.63, 3.8) is 0 Å². The molecule has 142 valence electrons. The van der Waals surface area contributed by atoms with Crippen LogP contribution in [0.1, 0.15) is 31.5 Å². The van der Waals surface area contributed by atoms with Gasteiger partial charge in [0.2, 0.25) is 5.91 Å². The summed E-state index contributed by atoms with van der Waals surface area (Å²) in [7, 11) is 0. The molecule has 0 bridgehead atoms. The molecular weight excluding hydrogens is 348 g/mol. The monoisotopic (exact) mass is 372 g/mol. The van der Waals surface area contributed by atoms with Gasteiger partial charge in [0.05, 0.1) is 11.9 Å². The predicted octanol–water partition coefficient (Wildman–Crippen LogP) is 4.88. The van der Waals surface area contributed by atoms with Crippen molar-refractivity contribution in [1.82, 2.24) is 9.97 Å². The molecule has 0 fully saturated rings. The van der Waals surface area contributed by atoms with E-state index >= 15 is 0 Å². The molecule has 0 aliphatic carbocycles. The first kappa shape index (κ1) is 19.3. The van der Waals surface area contributed by atoms with Gasteiger partial charge in [0.1, 0.15) is 5.69 Å². The summed E-state index contributed by atoms with van der Waals surface area (Å²) in [4.78, 5) is 21.5. The number of nitrogens with one attached hydrogen (secondary N) is 1. The zero-order valence-electron chi connectivity index (χ0n) is 16.1. The van der Waals surface area contributed by atoms with E-state index in [-0.39, 0.29) is 11.8 Å². The lowest BCUT2D eigenvalue weighted by atomic mass is 10.1. The van der Waals surface area contributed by atoms with Crippen LogP contribution in [-0.4, -0.2) is 15.9 Å². The fourth-order valence-electron chi connectivity index (χ4n) is 2.57. The third-order valence-corrected chi connectivity index (χ3v) is 4.54. The summed E-state index contributed by atoms with van der Waals surface area (Å²) in [6, 6.07) is 17.4. The molecule has 0 aliphatic rings. The number of carbonyl (C=O) groups is 1. The largest absolute Gasteiger partial charge is 0.399 e. The van der Waals surface area contributed by atoms with E-state index in [1.807, 2.05) is 80.6 Å². The number of nitrogens with zero attached hydrogens (tertiary/aromatic N) is 2. The molecule has 2 aromatic carbocycles. The van der Waals surface area contributed by atoms with Gasteiger partial charge in [0.15, 0.2) is 5.82 Å². The van der Waals surface area contributed by atoms with Crippen molar-refractivity contribution < 1.29 is 4.79 Å². The van der Waals surface area contributed by atoms with E-state index < -0.39 is 0 Å². The lowest BCUT2D eigenvalue weighted by Gasteiger charge is -2.12. The van der Waals surface area contributed by atoms with Gasteiger partial charge in [0.25, 0.3) is 0 Å².